The molecule has 1 amide bonds. The van der Waals surface area contributed by atoms with Crippen molar-refractivity contribution in [3.8, 4) is 11.1 Å². The highest BCUT2D eigenvalue weighted by Crippen LogP contribution is 2.32. The highest BCUT2D eigenvalue weighted by molar-refractivity contribution is 5.82. The molecule has 0 spiro atoms. The summed E-state index contributed by atoms with van der Waals surface area (Å²) in [6, 6.07) is 8.42. The third kappa shape index (κ3) is 3.98. The fourth-order valence-electron chi connectivity index (χ4n) is 2.99. The average Bonchev–Trinajstić information content (AvgIpc) is 2.45. The predicted octanol–water partition coefficient (Wildman–Crippen LogP) is 3.90. The maximum Gasteiger partial charge on any atom is 0.221 e. The van der Waals surface area contributed by atoms with Crippen molar-refractivity contribution in [3.63, 3.8) is 0 Å². The lowest BCUT2D eigenvalue weighted by Crippen LogP contribution is -2.17. The van der Waals surface area contributed by atoms with Crippen molar-refractivity contribution >= 4 is 5.91 Å². The van der Waals surface area contributed by atoms with Crippen molar-refractivity contribution in [1.29, 1.82) is 0 Å². The van der Waals surface area contributed by atoms with E-state index >= 15 is 0 Å². The van der Waals surface area contributed by atoms with Crippen LogP contribution in [0.4, 0.5) is 0 Å². The van der Waals surface area contributed by atoms with Gasteiger partial charge in [-0.2, -0.15) is 0 Å². The summed E-state index contributed by atoms with van der Waals surface area (Å²) in [5.74, 6) is 0.215. The minimum Gasteiger partial charge on any atom is -0.369 e. The summed E-state index contributed by atoms with van der Waals surface area (Å²) in [6.07, 6.45) is 1.16. The van der Waals surface area contributed by atoms with Gasteiger partial charge in [0, 0.05) is 11.4 Å². The van der Waals surface area contributed by atoms with Gasteiger partial charge in [-0.1, -0.05) is 43.7 Å². The largest absolute Gasteiger partial charge is 0.369 e. The number of benzene rings is 1. The van der Waals surface area contributed by atoms with Crippen molar-refractivity contribution in [1.82, 2.24) is 4.98 Å². The molecule has 0 aliphatic heterocycles. The average molecular weight is 310 g/mol. The molecule has 2 rings (SSSR count). The number of hydrogen-bond donors (Lipinski definition) is 1. The van der Waals surface area contributed by atoms with E-state index in [0.717, 1.165) is 40.1 Å². The first kappa shape index (κ1) is 17.2. The second-order valence-electron chi connectivity index (χ2n) is 6.73. The number of amides is 1. The summed E-state index contributed by atoms with van der Waals surface area (Å²) in [5, 5.41) is 0. The standard InChI is InChI=1S/C20H26N2O/c1-12(2)10-18-14(4)20(16-8-6-13(3)7-9-16)17(11-19(21)23)15(5)22-18/h6-9,12H,10-11H2,1-5H3,(H2,21,23). The molecule has 0 bridgehead atoms. The number of pyridine rings is 1. The lowest BCUT2D eigenvalue weighted by atomic mass is 9.89. The molecule has 0 radical (unpaired) electrons. The van der Waals surface area contributed by atoms with Crippen LogP contribution in [-0.2, 0) is 17.6 Å². The number of aromatic nitrogens is 1. The van der Waals surface area contributed by atoms with Crippen LogP contribution >= 0.6 is 0 Å². The summed E-state index contributed by atoms with van der Waals surface area (Å²) in [7, 11) is 0. The van der Waals surface area contributed by atoms with E-state index < -0.39 is 0 Å². The Morgan fingerprint density at radius 2 is 1.74 bits per heavy atom. The molecule has 2 aromatic rings. The Labute approximate surface area is 138 Å². The summed E-state index contributed by atoms with van der Waals surface area (Å²) >= 11 is 0. The lowest BCUT2D eigenvalue weighted by Gasteiger charge is -2.19. The minimum atomic E-state index is -0.320. The monoisotopic (exact) mass is 310 g/mol. The molecule has 23 heavy (non-hydrogen) atoms. The summed E-state index contributed by atoms with van der Waals surface area (Å²) in [6.45, 7) is 10.5. The summed E-state index contributed by atoms with van der Waals surface area (Å²) in [5.41, 5.74) is 13.1. The molecular weight excluding hydrogens is 284 g/mol. The zero-order valence-corrected chi connectivity index (χ0v) is 14.7. The molecule has 3 nitrogen and oxygen atoms in total. The zero-order chi connectivity index (χ0) is 17.1. The maximum atomic E-state index is 11.5. The number of nitrogens with zero attached hydrogens (tertiary/aromatic N) is 1. The van der Waals surface area contributed by atoms with Crippen LogP contribution in [0.25, 0.3) is 11.1 Å². The fourth-order valence-corrected chi connectivity index (χ4v) is 2.99. The van der Waals surface area contributed by atoms with Crippen LogP contribution in [0.1, 0.15) is 41.9 Å². The van der Waals surface area contributed by atoms with E-state index in [1.165, 1.54) is 5.56 Å². The number of hydrogen-bond acceptors (Lipinski definition) is 2. The number of aryl methyl sites for hydroxylation is 2. The zero-order valence-electron chi connectivity index (χ0n) is 14.7. The van der Waals surface area contributed by atoms with Crippen LogP contribution in [0.5, 0.6) is 0 Å². The van der Waals surface area contributed by atoms with Crippen molar-refractivity contribution in [3.05, 3.63) is 52.3 Å². The first-order valence-electron chi connectivity index (χ1n) is 8.13. The van der Waals surface area contributed by atoms with Crippen LogP contribution in [-0.4, -0.2) is 10.9 Å². The number of primary amides is 1. The maximum absolute atomic E-state index is 11.5. The molecule has 0 fully saturated rings. The van der Waals surface area contributed by atoms with Gasteiger partial charge in [-0.3, -0.25) is 9.78 Å². The van der Waals surface area contributed by atoms with E-state index in [-0.39, 0.29) is 12.3 Å². The summed E-state index contributed by atoms with van der Waals surface area (Å²) < 4.78 is 0. The summed E-state index contributed by atoms with van der Waals surface area (Å²) in [4.78, 5) is 16.3. The number of carbonyl (C=O) groups is 1. The molecule has 122 valence electrons. The molecule has 2 N–H and O–H groups in total. The molecule has 0 saturated heterocycles. The molecule has 0 unspecified atom stereocenters. The van der Waals surface area contributed by atoms with E-state index in [1.54, 1.807) is 0 Å². The molecule has 3 heteroatoms. The van der Waals surface area contributed by atoms with E-state index in [9.17, 15) is 4.79 Å². The number of rotatable bonds is 5. The van der Waals surface area contributed by atoms with Gasteiger partial charge < -0.3 is 5.73 Å². The fraction of sp³-hybridized carbons (Fsp3) is 0.400. The van der Waals surface area contributed by atoms with Crippen molar-refractivity contribution < 1.29 is 4.79 Å². The second-order valence-corrected chi connectivity index (χ2v) is 6.73. The lowest BCUT2D eigenvalue weighted by molar-refractivity contribution is -0.117. The van der Waals surface area contributed by atoms with Gasteiger partial charge in [-0.25, -0.2) is 0 Å². The highest BCUT2D eigenvalue weighted by Gasteiger charge is 2.18. The Morgan fingerprint density at radius 1 is 1.13 bits per heavy atom. The van der Waals surface area contributed by atoms with Crippen LogP contribution in [0.15, 0.2) is 24.3 Å². The quantitative estimate of drug-likeness (QED) is 0.910. The molecule has 0 aliphatic carbocycles. The Kier molecular flexibility index (Phi) is 5.19. The molecular formula is C20H26N2O. The smallest absolute Gasteiger partial charge is 0.221 e. The highest BCUT2D eigenvalue weighted by atomic mass is 16.1. The second kappa shape index (κ2) is 6.95. The van der Waals surface area contributed by atoms with E-state index in [4.69, 9.17) is 10.7 Å². The van der Waals surface area contributed by atoms with Crippen molar-refractivity contribution in [2.75, 3.05) is 0 Å². The van der Waals surface area contributed by atoms with Gasteiger partial charge in [0.15, 0.2) is 0 Å². The van der Waals surface area contributed by atoms with Crippen LogP contribution in [0, 0.1) is 26.7 Å². The van der Waals surface area contributed by atoms with Gasteiger partial charge in [-0.05, 0) is 55.4 Å². The third-order valence-electron chi connectivity index (χ3n) is 4.14. The van der Waals surface area contributed by atoms with E-state index in [1.807, 2.05) is 6.92 Å². The van der Waals surface area contributed by atoms with Crippen LogP contribution in [0.2, 0.25) is 0 Å². The Balaban J connectivity index is 2.69. The first-order valence-corrected chi connectivity index (χ1v) is 8.13. The van der Waals surface area contributed by atoms with Gasteiger partial charge in [-0.15, -0.1) is 0 Å². The first-order chi connectivity index (χ1) is 10.8. The predicted molar refractivity (Wildman–Crippen MR) is 95.3 cm³/mol. The Hall–Kier alpha value is -2.16. The topological polar surface area (TPSA) is 56.0 Å². The van der Waals surface area contributed by atoms with Gasteiger partial charge in [0.05, 0.1) is 6.42 Å². The number of carbonyl (C=O) groups excluding carboxylic acids is 1. The molecule has 1 heterocycles. The van der Waals surface area contributed by atoms with Gasteiger partial charge in [0.25, 0.3) is 0 Å². The molecule has 0 aliphatic rings. The van der Waals surface area contributed by atoms with Gasteiger partial charge in [0.1, 0.15) is 0 Å². The van der Waals surface area contributed by atoms with Crippen molar-refractivity contribution in [2.24, 2.45) is 11.7 Å². The third-order valence-corrected chi connectivity index (χ3v) is 4.14. The van der Waals surface area contributed by atoms with Gasteiger partial charge in [0.2, 0.25) is 5.91 Å². The molecule has 1 aromatic heterocycles. The van der Waals surface area contributed by atoms with Gasteiger partial charge >= 0.3 is 0 Å². The molecule has 1 aromatic carbocycles. The Morgan fingerprint density at radius 3 is 2.26 bits per heavy atom. The number of nitrogens with two attached hydrogens (primary N) is 1. The van der Waals surface area contributed by atoms with E-state index in [0.29, 0.717) is 5.92 Å². The minimum absolute atomic E-state index is 0.227. The van der Waals surface area contributed by atoms with Crippen molar-refractivity contribution in [2.45, 2.75) is 47.5 Å². The van der Waals surface area contributed by atoms with E-state index in [2.05, 4.69) is 52.0 Å². The van der Waals surface area contributed by atoms with Crippen LogP contribution < -0.4 is 5.73 Å². The molecule has 0 atom stereocenters. The normalized spacial score (nSPS) is 11.0. The Bertz CT molecular complexity index is 715. The molecule has 0 saturated carbocycles. The van der Waals surface area contributed by atoms with Crippen LogP contribution in [0.3, 0.4) is 0 Å². The SMILES string of the molecule is Cc1ccc(-c2c(C)c(CC(C)C)nc(C)c2CC(N)=O)cc1.